The number of hydrogen-bond acceptors (Lipinski definition) is 4. The van der Waals surface area contributed by atoms with Gasteiger partial charge in [-0.1, -0.05) is 55.5 Å². The molecule has 0 saturated heterocycles. The van der Waals surface area contributed by atoms with Gasteiger partial charge in [0, 0.05) is 6.42 Å². The molecule has 0 aromatic heterocycles. The quantitative estimate of drug-likeness (QED) is 0.470. The van der Waals surface area contributed by atoms with Gasteiger partial charge in [0.05, 0.1) is 12.0 Å². The molecule has 0 amide bonds. The van der Waals surface area contributed by atoms with Crippen molar-refractivity contribution >= 4 is 5.97 Å². The molecule has 2 aliphatic rings. The first-order valence-corrected chi connectivity index (χ1v) is 10.8. The van der Waals surface area contributed by atoms with Gasteiger partial charge in [-0.15, -0.1) is 0 Å². The van der Waals surface area contributed by atoms with E-state index in [0.717, 1.165) is 12.8 Å². The van der Waals surface area contributed by atoms with E-state index < -0.39 is 18.2 Å². The lowest BCUT2D eigenvalue weighted by atomic mass is 9.42. The van der Waals surface area contributed by atoms with Crippen molar-refractivity contribution in [1.29, 1.82) is 0 Å². The standard InChI is InChI=1S/C25H32O5/c1-3-19-21(10-7-11-23(28)29)25(2)15-14-22(27)20(24(19)25)13-12-17(26)16-30-18-8-5-4-6-9-18/h4-6,8-10,17,19-20,22,24,26-27H,3,7,11,14-16H2,1-2H3,(H,28,29)/t17?,19?,20-,22+,24+,25+/m0/s1. The number of fused-ring (bicyclic) bond motifs is 1. The van der Waals surface area contributed by atoms with Crippen LogP contribution >= 0.6 is 0 Å². The summed E-state index contributed by atoms with van der Waals surface area (Å²) in [6.45, 7) is 4.43. The Balaban J connectivity index is 1.69. The maximum absolute atomic E-state index is 10.9. The van der Waals surface area contributed by atoms with Crippen LogP contribution in [0.15, 0.2) is 42.0 Å². The summed E-state index contributed by atoms with van der Waals surface area (Å²) in [5.41, 5.74) is 1.27. The molecule has 3 rings (SSSR count). The molecular weight excluding hydrogens is 380 g/mol. The van der Waals surface area contributed by atoms with Crippen molar-refractivity contribution in [3.63, 3.8) is 0 Å². The van der Waals surface area contributed by atoms with Crippen LogP contribution in [0.25, 0.3) is 0 Å². The summed E-state index contributed by atoms with van der Waals surface area (Å²) in [7, 11) is 0. The number of allylic oxidation sites excluding steroid dienone is 2. The van der Waals surface area contributed by atoms with Crippen molar-refractivity contribution < 1.29 is 24.9 Å². The number of ether oxygens (including phenoxy) is 1. The van der Waals surface area contributed by atoms with Gasteiger partial charge >= 0.3 is 5.97 Å². The summed E-state index contributed by atoms with van der Waals surface area (Å²) in [5, 5.41) is 29.9. The van der Waals surface area contributed by atoms with Crippen molar-refractivity contribution in [1.82, 2.24) is 0 Å². The fourth-order valence-corrected chi connectivity index (χ4v) is 5.30. The second-order valence-electron chi connectivity index (χ2n) is 8.61. The van der Waals surface area contributed by atoms with Crippen LogP contribution in [0.5, 0.6) is 5.75 Å². The summed E-state index contributed by atoms with van der Waals surface area (Å²) in [4.78, 5) is 10.9. The molecule has 3 N–H and O–H groups in total. The van der Waals surface area contributed by atoms with Gasteiger partial charge in [-0.25, -0.2) is 0 Å². The molecule has 2 fully saturated rings. The number of benzene rings is 1. The number of para-hydroxylation sites is 1. The van der Waals surface area contributed by atoms with E-state index in [1.54, 1.807) is 0 Å². The van der Waals surface area contributed by atoms with E-state index in [1.165, 1.54) is 5.57 Å². The molecule has 0 heterocycles. The van der Waals surface area contributed by atoms with Crippen LogP contribution in [0.2, 0.25) is 0 Å². The average molecular weight is 413 g/mol. The third kappa shape index (κ3) is 4.71. The third-order valence-electron chi connectivity index (χ3n) is 6.72. The normalized spacial score (nSPS) is 32.3. The molecule has 0 radical (unpaired) electrons. The molecule has 0 bridgehead atoms. The van der Waals surface area contributed by atoms with E-state index in [0.29, 0.717) is 24.5 Å². The summed E-state index contributed by atoms with van der Waals surface area (Å²) in [6, 6.07) is 9.30. The van der Waals surface area contributed by atoms with E-state index in [9.17, 15) is 15.0 Å². The van der Waals surface area contributed by atoms with Crippen LogP contribution in [-0.2, 0) is 4.79 Å². The molecular formula is C25H32O5. The Labute approximate surface area is 178 Å². The summed E-state index contributed by atoms with van der Waals surface area (Å²) in [6.07, 6.45) is 3.83. The molecule has 0 aliphatic heterocycles. The number of carboxylic acid groups (broad SMARTS) is 1. The highest BCUT2D eigenvalue weighted by Gasteiger charge is 2.59. The van der Waals surface area contributed by atoms with Crippen molar-refractivity contribution in [3.05, 3.63) is 42.0 Å². The number of carbonyl (C=O) groups is 1. The van der Waals surface area contributed by atoms with E-state index >= 15 is 0 Å². The molecule has 30 heavy (non-hydrogen) atoms. The Bertz CT molecular complexity index is 821. The van der Waals surface area contributed by atoms with Crippen LogP contribution < -0.4 is 4.74 Å². The fraction of sp³-hybridized carbons (Fsp3) is 0.560. The Morgan fingerprint density at radius 3 is 2.77 bits per heavy atom. The summed E-state index contributed by atoms with van der Waals surface area (Å²) < 4.78 is 5.57. The van der Waals surface area contributed by atoms with Gasteiger partial charge in [0.2, 0.25) is 0 Å². The SMILES string of the molecule is CCC1C(=CCCC(=O)O)[C@@]2(C)CC[C@@H](O)[C@H](C#CC(O)COc3ccccc3)[C@@H]12. The van der Waals surface area contributed by atoms with Gasteiger partial charge in [-0.05, 0) is 55.1 Å². The molecule has 5 nitrogen and oxygen atoms in total. The highest BCUT2D eigenvalue weighted by Crippen LogP contribution is 2.65. The molecule has 2 unspecified atom stereocenters. The van der Waals surface area contributed by atoms with Gasteiger partial charge in [0.15, 0.2) is 0 Å². The van der Waals surface area contributed by atoms with Crippen molar-refractivity contribution in [2.24, 2.45) is 23.2 Å². The smallest absolute Gasteiger partial charge is 0.303 e. The maximum atomic E-state index is 10.9. The molecule has 6 atom stereocenters. The van der Waals surface area contributed by atoms with Crippen LogP contribution in [0, 0.1) is 35.0 Å². The lowest BCUT2D eigenvalue weighted by Gasteiger charge is -2.62. The average Bonchev–Trinajstić information content (AvgIpc) is 2.73. The van der Waals surface area contributed by atoms with Crippen LogP contribution in [0.1, 0.15) is 46.0 Å². The second kappa shape index (κ2) is 9.68. The first-order chi connectivity index (χ1) is 14.4. The molecule has 2 aliphatic carbocycles. The lowest BCUT2D eigenvalue weighted by molar-refractivity contribution is -0.136. The van der Waals surface area contributed by atoms with Gasteiger partial charge < -0.3 is 20.1 Å². The van der Waals surface area contributed by atoms with Crippen molar-refractivity contribution in [2.75, 3.05) is 6.61 Å². The van der Waals surface area contributed by atoms with Crippen molar-refractivity contribution in [3.8, 4) is 17.6 Å². The fourth-order valence-electron chi connectivity index (χ4n) is 5.30. The van der Waals surface area contributed by atoms with E-state index in [-0.39, 0.29) is 30.3 Å². The van der Waals surface area contributed by atoms with Gasteiger partial charge in [0.25, 0.3) is 0 Å². The number of aliphatic hydroxyl groups excluding tert-OH is 2. The highest BCUT2D eigenvalue weighted by molar-refractivity contribution is 5.66. The Hall–Kier alpha value is -2.29. The largest absolute Gasteiger partial charge is 0.490 e. The predicted octanol–water partition coefficient (Wildman–Crippen LogP) is 3.65. The highest BCUT2D eigenvalue weighted by atomic mass is 16.5. The maximum Gasteiger partial charge on any atom is 0.303 e. The second-order valence-corrected chi connectivity index (χ2v) is 8.61. The zero-order valence-electron chi connectivity index (χ0n) is 17.8. The number of aliphatic hydroxyl groups is 2. The summed E-state index contributed by atoms with van der Waals surface area (Å²) >= 11 is 0. The molecule has 0 spiro atoms. The molecule has 2 saturated carbocycles. The minimum atomic E-state index is -0.920. The van der Waals surface area contributed by atoms with Crippen molar-refractivity contribution in [2.45, 2.75) is 58.2 Å². The minimum absolute atomic E-state index is 0.0523. The first-order valence-electron chi connectivity index (χ1n) is 10.8. The first kappa shape index (κ1) is 22.4. The van der Waals surface area contributed by atoms with E-state index in [4.69, 9.17) is 9.84 Å². The van der Waals surface area contributed by atoms with Gasteiger partial charge in [-0.2, -0.15) is 0 Å². The van der Waals surface area contributed by atoms with Crippen LogP contribution in [-0.4, -0.2) is 40.1 Å². The monoisotopic (exact) mass is 412 g/mol. The number of carboxylic acids is 1. The molecule has 5 heteroatoms. The molecule has 1 aromatic rings. The number of rotatable bonds is 7. The Morgan fingerprint density at radius 2 is 2.10 bits per heavy atom. The lowest BCUT2D eigenvalue weighted by Crippen LogP contribution is -2.57. The third-order valence-corrected chi connectivity index (χ3v) is 6.72. The van der Waals surface area contributed by atoms with Gasteiger partial charge in [0.1, 0.15) is 18.5 Å². The molecule has 162 valence electrons. The number of aliphatic carboxylic acids is 1. The Kier molecular flexibility index (Phi) is 7.23. The van der Waals surface area contributed by atoms with E-state index in [1.807, 2.05) is 30.3 Å². The van der Waals surface area contributed by atoms with Crippen LogP contribution in [0.4, 0.5) is 0 Å². The van der Waals surface area contributed by atoms with E-state index in [2.05, 4.69) is 31.8 Å². The van der Waals surface area contributed by atoms with Crippen LogP contribution in [0.3, 0.4) is 0 Å². The number of hydrogen-bond donors (Lipinski definition) is 3. The zero-order chi connectivity index (χ0) is 21.7. The Morgan fingerprint density at radius 1 is 1.37 bits per heavy atom. The predicted molar refractivity (Wildman–Crippen MR) is 115 cm³/mol. The summed E-state index contributed by atoms with van der Waals surface area (Å²) in [5.74, 6) is 6.29. The molecule has 1 aromatic carbocycles. The topological polar surface area (TPSA) is 87.0 Å². The minimum Gasteiger partial charge on any atom is -0.490 e. The van der Waals surface area contributed by atoms with Gasteiger partial charge in [-0.3, -0.25) is 4.79 Å². The zero-order valence-corrected chi connectivity index (χ0v) is 17.8.